The van der Waals surface area contributed by atoms with Gasteiger partial charge in [0.05, 0.1) is 12.3 Å². The Hall–Kier alpha value is -2.70. The van der Waals surface area contributed by atoms with Crippen molar-refractivity contribution in [2.45, 2.75) is 45.2 Å². The van der Waals surface area contributed by atoms with E-state index in [1.54, 1.807) is 0 Å². The fourth-order valence-electron chi connectivity index (χ4n) is 4.54. The molecular formula is C25H28N2O3S. The second kappa shape index (κ2) is 8.44. The van der Waals surface area contributed by atoms with Crippen LogP contribution in [0.2, 0.25) is 0 Å². The second-order valence-electron chi connectivity index (χ2n) is 8.49. The van der Waals surface area contributed by atoms with Crippen LogP contribution >= 0.6 is 0 Å². The maximum absolute atomic E-state index is 13.2. The molecule has 31 heavy (non-hydrogen) atoms. The minimum atomic E-state index is -3.40. The number of hydrogen-bond donors (Lipinski definition) is 1. The van der Waals surface area contributed by atoms with Crippen molar-refractivity contribution < 1.29 is 8.42 Å². The van der Waals surface area contributed by atoms with E-state index in [9.17, 15) is 13.2 Å². The minimum Gasteiger partial charge on any atom is -0.307 e. The fourth-order valence-corrected chi connectivity index (χ4v) is 5.36. The normalized spacial score (nSPS) is 18.5. The number of sulfonamides is 1. The van der Waals surface area contributed by atoms with Gasteiger partial charge in [-0.05, 0) is 61.4 Å². The first kappa shape index (κ1) is 21.5. The molecule has 4 rings (SSSR count). The third-order valence-electron chi connectivity index (χ3n) is 6.18. The molecule has 0 bridgehead atoms. The van der Waals surface area contributed by atoms with Crippen LogP contribution in [0.15, 0.2) is 65.5 Å². The van der Waals surface area contributed by atoms with E-state index in [0.29, 0.717) is 24.8 Å². The van der Waals surface area contributed by atoms with Crippen LogP contribution in [-0.2, 0) is 22.9 Å². The van der Waals surface area contributed by atoms with E-state index in [2.05, 4.69) is 35.1 Å². The van der Waals surface area contributed by atoms with Crippen molar-refractivity contribution in [3.05, 3.63) is 93.4 Å². The van der Waals surface area contributed by atoms with Crippen molar-refractivity contribution in [1.29, 1.82) is 0 Å². The summed E-state index contributed by atoms with van der Waals surface area (Å²) in [4.78, 5) is 13.2. The standard InChI is InChI=1S/C25H28N2O3S/c1-17-14-22-12-13-23(26-31(3,29)30)24(27(22)25(28)18(17)2)16-19-8-7-11-21(15-19)20-9-5-4-6-10-20/h4-11,14-15,23-24,26H,12-13,16H2,1-3H3/t23-,24-/m0/s1. The largest absolute Gasteiger partial charge is 0.307 e. The molecule has 1 aliphatic rings. The van der Waals surface area contributed by atoms with Gasteiger partial charge in [-0.15, -0.1) is 0 Å². The summed E-state index contributed by atoms with van der Waals surface area (Å²) in [5.74, 6) is 0. The van der Waals surface area contributed by atoms with Gasteiger partial charge in [0, 0.05) is 17.3 Å². The highest BCUT2D eigenvalue weighted by Gasteiger charge is 2.32. The Balaban J connectivity index is 1.77. The van der Waals surface area contributed by atoms with Gasteiger partial charge in [0.25, 0.3) is 5.56 Å². The monoisotopic (exact) mass is 436 g/mol. The van der Waals surface area contributed by atoms with Gasteiger partial charge in [0.1, 0.15) is 0 Å². The van der Waals surface area contributed by atoms with E-state index < -0.39 is 10.0 Å². The molecule has 0 saturated carbocycles. The average Bonchev–Trinajstić information content (AvgIpc) is 2.73. The summed E-state index contributed by atoms with van der Waals surface area (Å²) in [5, 5.41) is 0. The Labute approximate surface area is 183 Å². The van der Waals surface area contributed by atoms with Crippen LogP contribution in [0.3, 0.4) is 0 Å². The zero-order valence-corrected chi connectivity index (χ0v) is 18.9. The van der Waals surface area contributed by atoms with E-state index >= 15 is 0 Å². The number of aromatic nitrogens is 1. The van der Waals surface area contributed by atoms with Crippen molar-refractivity contribution in [3.8, 4) is 11.1 Å². The van der Waals surface area contributed by atoms with Crippen LogP contribution in [0.25, 0.3) is 11.1 Å². The SMILES string of the molecule is Cc1cc2n(c(=O)c1C)[C@@H](Cc1cccc(-c3ccccc3)c1)[C@@H](NS(C)(=O)=O)CC2. The molecular weight excluding hydrogens is 408 g/mol. The van der Waals surface area contributed by atoms with Crippen LogP contribution in [0, 0.1) is 13.8 Å². The molecule has 2 aromatic carbocycles. The number of fused-ring (bicyclic) bond motifs is 1. The first-order valence-electron chi connectivity index (χ1n) is 10.6. The molecule has 1 N–H and O–H groups in total. The molecule has 0 radical (unpaired) electrons. The molecule has 0 spiro atoms. The molecule has 1 aromatic heterocycles. The molecule has 0 aliphatic carbocycles. The quantitative estimate of drug-likeness (QED) is 0.662. The Morgan fingerprint density at radius 3 is 2.42 bits per heavy atom. The number of benzene rings is 2. The van der Waals surface area contributed by atoms with Crippen molar-refractivity contribution >= 4 is 10.0 Å². The highest BCUT2D eigenvalue weighted by atomic mass is 32.2. The van der Waals surface area contributed by atoms with Crippen molar-refractivity contribution in [2.75, 3.05) is 6.26 Å². The number of hydrogen-bond acceptors (Lipinski definition) is 3. The van der Waals surface area contributed by atoms with E-state index in [1.165, 1.54) is 6.26 Å². The van der Waals surface area contributed by atoms with Crippen LogP contribution in [0.1, 0.15) is 34.8 Å². The lowest BCUT2D eigenvalue weighted by molar-refractivity contribution is 0.314. The molecule has 0 unspecified atom stereocenters. The molecule has 2 heterocycles. The summed E-state index contributed by atoms with van der Waals surface area (Å²) < 4.78 is 28.7. The number of rotatable bonds is 5. The summed E-state index contributed by atoms with van der Waals surface area (Å²) in [6, 6.07) is 19.9. The molecule has 5 nitrogen and oxygen atoms in total. The topological polar surface area (TPSA) is 68.2 Å². The van der Waals surface area contributed by atoms with Gasteiger partial charge in [-0.2, -0.15) is 0 Å². The summed E-state index contributed by atoms with van der Waals surface area (Å²) in [5.41, 5.74) is 5.95. The molecule has 1 aliphatic heterocycles. The average molecular weight is 437 g/mol. The van der Waals surface area contributed by atoms with Crippen LogP contribution < -0.4 is 10.3 Å². The predicted molar refractivity (Wildman–Crippen MR) is 125 cm³/mol. The summed E-state index contributed by atoms with van der Waals surface area (Å²) in [6.07, 6.45) is 3.09. The Morgan fingerprint density at radius 2 is 1.71 bits per heavy atom. The molecule has 2 atom stereocenters. The molecule has 0 saturated heterocycles. The third-order valence-corrected chi connectivity index (χ3v) is 6.91. The zero-order chi connectivity index (χ0) is 22.2. The Morgan fingerprint density at radius 1 is 1.00 bits per heavy atom. The molecule has 0 amide bonds. The molecule has 3 aromatic rings. The number of aryl methyl sites for hydroxylation is 2. The lowest BCUT2D eigenvalue weighted by atomic mass is 9.89. The van der Waals surface area contributed by atoms with E-state index in [-0.39, 0.29) is 17.6 Å². The van der Waals surface area contributed by atoms with Gasteiger partial charge in [-0.1, -0.05) is 54.6 Å². The molecule has 0 fully saturated rings. The Bertz CT molecular complexity index is 1260. The Kier molecular flexibility index (Phi) is 5.86. The number of pyridine rings is 1. The summed E-state index contributed by atoms with van der Waals surface area (Å²) >= 11 is 0. The van der Waals surface area contributed by atoms with Crippen molar-refractivity contribution in [3.63, 3.8) is 0 Å². The maximum atomic E-state index is 13.2. The lowest BCUT2D eigenvalue weighted by Gasteiger charge is -2.36. The van der Waals surface area contributed by atoms with Gasteiger partial charge >= 0.3 is 0 Å². The fraction of sp³-hybridized carbons (Fsp3) is 0.320. The maximum Gasteiger partial charge on any atom is 0.254 e. The van der Waals surface area contributed by atoms with Crippen molar-refractivity contribution in [1.82, 2.24) is 9.29 Å². The van der Waals surface area contributed by atoms with Crippen LogP contribution in [0.5, 0.6) is 0 Å². The van der Waals surface area contributed by atoms with E-state index in [0.717, 1.165) is 27.9 Å². The van der Waals surface area contributed by atoms with E-state index in [4.69, 9.17) is 0 Å². The first-order chi connectivity index (χ1) is 14.7. The highest BCUT2D eigenvalue weighted by Crippen LogP contribution is 2.30. The second-order valence-corrected chi connectivity index (χ2v) is 10.3. The summed E-state index contributed by atoms with van der Waals surface area (Å²) in [7, 11) is -3.40. The van der Waals surface area contributed by atoms with E-state index in [1.807, 2.05) is 48.7 Å². The number of nitrogens with zero attached hydrogens (tertiary/aromatic N) is 1. The minimum absolute atomic E-state index is 0.0285. The van der Waals surface area contributed by atoms with Gasteiger partial charge < -0.3 is 4.57 Å². The summed E-state index contributed by atoms with van der Waals surface area (Å²) in [6.45, 7) is 3.79. The number of nitrogens with one attached hydrogen (secondary N) is 1. The highest BCUT2D eigenvalue weighted by molar-refractivity contribution is 7.88. The van der Waals surface area contributed by atoms with Crippen molar-refractivity contribution in [2.24, 2.45) is 0 Å². The zero-order valence-electron chi connectivity index (χ0n) is 18.1. The smallest absolute Gasteiger partial charge is 0.254 e. The third kappa shape index (κ3) is 4.65. The first-order valence-corrected chi connectivity index (χ1v) is 12.5. The van der Waals surface area contributed by atoms with Gasteiger partial charge in [0.15, 0.2) is 0 Å². The van der Waals surface area contributed by atoms with Crippen LogP contribution in [0.4, 0.5) is 0 Å². The van der Waals surface area contributed by atoms with Gasteiger partial charge in [0.2, 0.25) is 10.0 Å². The van der Waals surface area contributed by atoms with Crippen LogP contribution in [-0.4, -0.2) is 25.3 Å². The molecule has 162 valence electrons. The lowest BCUT2D eigenvalue weighted by Crippen LogP contribution is -2.48. The van der Waals surface area contributed by atoms with Gasteiger partial charge in [-0.25, -0.2) is 13.1 Å². The predicted octanol–water partition coefficient (Wildman–Crippen LogP) is 3.78. The van der Waals surface area contributed by atoms with Gasteiger partial charge in [-0.3, -0.25) is 4.79 Å². The molecule has 6 heteroatoms.